The molecule has 0 saturated heterocycles. The van der Waals surface area contributed by atoms with E-state index in [1.165, 1.54) is 31.2 Å². The highest BCUT2D eigenvalue weighted by Gasteiger charge is 2.30. The van der Waals surface area contributed by atoms with E-state index in [9.17, 15) is 22.8 Å². The van der Waals surface area contributed by atoms with Gasteiger partial charge >= 0.3 is 12.1 Å². The SMILES string of the molecule is CC(C)COc1ccc(C(=O)OC(C)C(=O)Nc2cccc(C(F)(F)F)c2)cc1. The lowest BCUT2D eigenvalue weighted by Gasteiger charge is -2.15. The number of hydrogen-bond acceptors (Lipinski definition) is 4. The lowest BCUT2D eigenvalue weighted by Crippen LogP contribution is -2.30. The fourth-order valence-corrected chi connectivity index (χ4v) is 2.25. The molecule has 1 amide bonds. The van der Waals surface area contributed by atoms with Gasteiger partial charge in [-0.1, -0.05) is 19.9 Å². The molecule has 1 N–H and O–H groups in total. The number of hydrogen-bond donors (Lipinski definition) is 1. The van der Waals surface area contributed by atoms with Gasteiger partial charge in [0, 0.05) is 5.69 Å². The number of carbonyl (C=O) groups excluding carboxylic acids is 2. The Bertz CT molecular complexity index is 848. The summed E-state index contributed by atoms with van der Waals surface area (Å²) in [6.07, 6.45) is -5.72. The Balaban J connectivity index is 1.94. The molecule has 156 valence electrons. The third-order valence-corrected chi connectivity index (χ3v) is 3.78. The molecular weight excluding hydrogens is 387 g/mol. The summed E-state index contributed by atoms with van der Waals surface area (Å²) in [5.74, 6) is -0.511. The molecule has 1 unspecified atom stereocenters. The maximum atomic E-state index is 12.7. The normalized spacial score (nSPS) is 12.4. The molecule has 0 radical (unpaired) electrons. The third-order valence-electron chi connectivity index (χ3n) is 3.78. The summed E-state index contributed by atoms with van der Waals surface area (Å²) in [4.78, 5) is 24.3. The topological polar surface area (TPSA) is 64.6 Å². The van der Waals surface area contributed by atoms with Crippen molar-refractivity contribution >= 4 is 17.6 Å². The van der Waals surface area contributed by atoms with Crippen molar-refractivity contribution in [2.24, 2.45) is 5.92 Å². The van der Waals surface area contributed by atoms with Gasteiger partial charge in [-0.15, -0.1) is 0 Å². The van der Waals surface area contributed by atoms with Crippen LogP contribution in [0.2, 0.25) is 0 Å². The Kier molecular flexibility index (Phi) is 7.25. The van der Waals surface area contributed by atoms with Crippen LogP contribution in [0.15, 0.2) is 48.5 Å². The smallest absolute Gasteiger partial charge is 0.416 e. The van der Waals surface area contributed by atoms with Crippen molar-refractivity contribution in [3.63, 3.8) is 0 Å². The van der Waals surface area contributed by atoms with Gasteiger partial charge in [-0.25, -0.2) is 4.79 Å². The number of amides is 1. The van der Waals surface area contributed by atoms with Crippen molar-refractivity contribution in [3.8, 4) is 5.75 Å². The molecule has 8 heteroatoms. The molecule has 0 saturated carbocycles. The minimum Gasteiger partial charge on any atom is -0.493 e. The Labute approximate surface area is 166 Å². The van der Waals surface area contributed by atoms with E-state index >= 15 is 0 Å². The molecule has 2 aromatic rings. The molecular formula is C21H22F3NO4. The van der Waals surface area contributed by atoms with Gasteiger partial charge in [0.25, 0.3) is 5.91 Å². The van der Waals surface area contributed by atoms with Gasteiger partial charge in [0.1, 0.15) is 5.75 Å². The minimum absolute atomic E-state index is 0.0422. The molecule has 0 fully saturated rings. The van der Waals surface area contributed by atoms with Gasteiger partial charge in [0.2, 0.25) is 0 Å². The highest BCUT2D eigenvalue weighted by molar-refractivity contribution is 5.97. The van der Waals surface area contributed by atoms with E-state index in [1.807, 2.05) is 13.8 Å². The van der Waals surface area contributed by atoms with Crippen LogP contribution in [0.25, 0.3) is 0 Å². The van der Waals surface area contributed by atoms with Gasteiger partial charge in [0.15, 0.2) is 6.10 Å². The number of rotatable bonds is 7. The molecule has 0 aliphatic heterocycles. The number of alkyl halides is 3. The van der Waals surface area contributed by atoms with Gasteiger partial charge in [-0.2, -0.15) is 13.2 Å². The fraction of sp³-hybridized carbons (Fsp3) is 0.333. The molecule has 0 aliphatic rings. The van der Waals surface area contributed by atoms with Crippen molar-refractivity contribution in [2.75, 3.05) is 11.9 Å². The van der Waals surface area contributed by atoms with E-state index in [0.29, 0.717) is 18.3 Å². The number of halogens is 3. The first-order valence-electron chi connectivity index (χ1n) is 8.98. The predicted octanol–water partition coefficient (Wildman–Crippen LogP) is 4.92. The maximum absolute atomic E-state index is 12.7. The number of nitrogens with one attached hydrogen (secondary N) is 1. The van der Waals surface area contributed by atoms with Gasteiger partial charge < -0.3 is 14.8 Å². The summed E-state index contributed by atoms with van der Waals surface area (Å²) in [5.41, 5.74) is -0.709. The first kappa shape index (κ1) is 22.3. The summed E-state index contributed by atoms with van der Waals surface area (Å²) in [7, 11) is 0. The highest BCUT2D eigenvalue weighted by atomic mass is 19.4. The maximum Gasteiger partial charge on any atom is 0.416 e. The summed E-state index contributed by atoms with van der Waals surface area (Å²) in [6.45, 7) is 5.90. The average Bonchev–Trinajstić information content (AvgIpc) is 2.66. The Morgan fingerprint density at radius 2 is 1.69 bits per heavy atom. The zero-order valence-corrected chi connectivity index (χ0v) is 16.2. The standard InChI is InChI=1S/C21H22F3NO4/c1-13(2)12-28-18-9-7-15(8-10-18)20(27)29-14(3)19(26)25-17-6-4-5-16(11-17)21(22,23)24/h4-11,13-14H,12H2,1-3H3,(H,25,26). The second-order valence-electron chi connectivity index (χ2n) is 6.84. The second kappa shape index (κ2) is 9.45. The fourth-order valence-electron chi connectivity index (χ4n) is 2.25. The van der Waals surface area contributed by atoms with Crippen LogP contribution in [0.5, 0.6) is 5.75 Å². The summed E-state index contributed by atoms with van der Waals surface area (Å²) in [6, 6.07) is 10.5. The van der Waals surface area contributed by atoms with Crippen molar-refractivity contribution in [1.29, 1.82) is 0 Å². The molecule has 0 spiro atoms. The van der Waals surface area contributed by atoms with Crippen LogP contribution in [0, 0.1) is 5.92 Å². The van der Waals surface area contributed by atoms with Crippen molar-refractivity contribution in [1.82, 2.24) is 0 Å². The number of anilines is 1. The Hall–Kier alpha value is -3.03. The first-order chi connectivity index (χ1) is 13.6. The molecule has 2 rings (SSSR count). The molecule has 2 aromatic carbocycles. The number of carbonyl (C=O) groups is 2. The van der Waals surface area contributed by atoms with Crippen LogP contribution in [0.3, 0.4) is 0 Å². The highest BCUT2D eigenvalue weighted by Crippen LogP contribution is 2.30. The molecule has 0 aliphatic carbocycles. The van der Waals surface area contributed by atoms with E-state index in [2.05, 4.69) is 5.32 Å². The second-order valence-corrected chi connectivity index (χ2v) is 6.84. The molecule has 5 nitrogen and oxygen atoms in total. The van der Waals surface area contributed by atoms with Crippen LogP contribution < -0.4 is 10.1 Å². The molecule has 29 heavy (non-hydrogen) atoms. The van der Waals surface area contributed by atoms with Crippen LogP contribution in [-0.4, -0.2) is 24.6 Å². The summed E-state index contributed by atoms with van der Waals surface area (Å²) >= 11 is 0. The van der Waals surface area contributed by atoms with Crippen molar-refractivity contribution in [2.45, 2.75) is 33.1 Å². The van der Waals surface area contributed by atoms with E-state index in [-0.39, 0.29) is 11.3 Å². The lowest BCUT2D eigenvalue weighted by molar-refractivity contribution is -0.137. The average molecular weight is 409 g/mol. The number of esters is 1. The van der Waals surface area contributed by atoms with Crippen LogP contribution in [0.1, 0.15) is 36.7 Å². The Morgan fingerprint density at radius 3 is 2.28 bits per heavy atom. The quantitative estimate of drug-likeness (QED) is 0.659. The van der Waals surface area contributed by atoms with Gasteiger partial charge in [0.05, 0.1) is 17.7 Å². The minimum atomic E-state index is -4.52. The van der Waals surface area contributed by atoms with E-state index in [1.54, 1.807) is 12.1 Å². The van der Waals surface area contributed by atoms with Crippen molar-refractivity contribution < 1.29 is 32.2 Å². The van der Waals surface area contributed by atoms with E-state index in [0.717, 1.165) is 12.1 Å². The summed E-state index contributed by atoms with van der Waals surface area (Å²) in [5, 5.41) is 2.31. The van der Waals surface area contributed by atoms with E-state index < -0.39 is 29.7 Å². The van der Waals surface area contributed by atoms with Crippen LogP contribution >= 0.6 is 0 Å². The zero-order chi connectivity index (χ0) is 21.6. The van der Waals surface area contributed by atoms with Crippen LogP contribution in [0.4, 0.5) is 18.9 Å². The monoisotopic (exact) mass is 409 g/mol. The van der Waals surface area contributed by atoms with Crippen LogP contribution in [-0.2, 0) is 15.7 Å². The molecule has 0 bridgehead atoms. The van der Waals surface area contributed by atoms with Crippen molar-refractivity contribution in [3.05, 3.63) is 59.7 Å². The number of benzene rings is 2. The molecule has 1 atom stereocenters. The van der Waals surface area contributed by atoms with Gasteiger partial charge in [-0.05, 0) is 55.3 Å². The first-order valence-corrected chi connectivity index (χ1v) is 8.98. The Morgan fingerprint density at radius 1 is 1.03 bits per heavy atom. The van der Waals surface area contributed by atoms with Gasteiger partial charge in [-0.3, -0.25) is 4.79 Å². The summed E-state index contributed by atoms with van der Waals surface area (Å²) < 4.78 is 48.9. The predicted molar refractivity (Wildman–Crippen MR) is 102 cm³/mol. The number of ether oxygens (including phenoxy) is 2. The van der Waals surface area contributed by atoms with E-state index in [4.69, 9.17) is 9.47 Å². The lowest BCUT2D eigenvalue weighted by atomic mass is 10.2. The zero-order valence-electron chi connectivity index (χ0n) is 16.2. The largest absolute Gasteiger partial charge is 0.493 e. The third kappa shape index (κ3) is 6.81. The molecule has 0 heterocycles. The molecule has 0 aromatic heterocycles.